The number of hydrogen-bond acceptors (Lipinski definition) is 9. The lowest BCUT2D eigenvalue weighted by atomic mass is 9.77. The van der Waals surface area contributed by atoms with Crippen LogP contribution in [-0.4, -0.2) is 82.5 Å². The quantitative estimate of drug-likeness (QED) is 0.119. The number of ether oxygens (including phenoxy) is 1. The Kier molecular flexibility index (Phi) is 16.1. The first-order valence-corrected chi connectivity index (χ1v) is 20.1. The van der Waals surface area contributed by atoms with Crippen LogP contribution in [0.25, 0.3) is 0 Å². The van der Waals surface area contributed by atoms with Gasteiger partial charge in [-0.2, -0.15) is 0 Å². The molecule has 0 bridgehead atoms. The molecule has 15 nitrogen and oxygen atoms in total. The summed E-state index contributed by atoms with van der Waals surface area (Å²) in [6, 6.07) is 8.04. The topological polar surface area (TPSA) is 240 Å². The third-order valence-corrected chi connectivity index (χ3v) is 10.7. The van der Waals surface area contributed by atoms with Gasteiger partial charge in [-0.05, 0) is 101 Å². The summed E-state index contributed by atoms with van der Waals surface area (Å²) in [4.78, 5) is 105. The maximum Gasteiger partial charge on any atom is 0.335 e. The van der Waals surface area contributed by atoms with Gasteiger partial charge < -0.3 is 36.8 Å². The fourth-order valence-electron chi connectivity index (χ4n) is 7.76. The Morgan fingerprint density at radius 2 is 1.52 bits per heavy atom. The van der Waals surface area contributed by atoms with Crippen molar-refractivity contribution in [3.05, 3.63) is 70.2 Å². The molecule has 2 aliphatic carbocycles. The molecule has 0 heterocycles. The smallest absolute Gasteiger partial charge is 0.335 e. The molecule has 0 aromatic heterocycles. The number of aromatic carboxylic acids is 1. The number of benzene rings is 2. The van der Waals surface area contributed by atoms with E-state index in [0.29, 0.717) is 29.8 Å². The third-order valence-electron chi connectivity index (χ3n) is 10.5. The lowest BCUT2D eigenvalue weighted by Crippen LogP contribution is -2.53. The van der Waals surface area contributed by atoms with Gasteiger partial charge in [-0.25, -0.2) is 4.79 Å². The number of hydrogen-bond donors (Lipinski definition) is 6. The number of Topliss-reactive ketones (excluding diaryl/α,β-unsaturated/α-hetero) is 2. The van der Waals surface area contributed by atoms with E-state index in [9.17, 15) is 43.5 Å². The van der Waals surface area contributed by atoms with Crippen molar-refractivity contribution < 1.29 is 48.2 Å². The van der Waals surface area contributed by atoms with Gasteiger partial charge in [0, 0.05) is 16.5 Å². The van der Waals surface area contributed by atoms with Crippen molar-refractivity contribution in [2.45, 2.75) is 115 Å². The number of rotatable bonds is 18. The van der Waals surface area contributed by atoms with Gasteiger partial charge in [-0.1, -0.05) is 56.3 Å². The molecule has 16 heteroatoms. The maximum absolute atomic E-state index is 14.7. The van der Waals surface area contributed by atoms with Crippen LogP contribution in [0, 0.1) is 17.8 Å². The van der Waals surface area contributed by atoms with Crippen molar-refractivity contribution in [2.75, 3.05) is 6.54 Å². The number of primary amides is 1. The fourth-order valence-corrected chi connectivity index (χ4v) is 7.96. The lowest BCUT2D eigenvalue weighted by molar-refractivity contribution is -0.141. The predicted octanol–water partition coefficient (Wildman–Crippen LogP) is 3.81. The normalized spacial score (nSPS) is 19.8. The zero-order valence-electron chi connectivity index (χ0n) is 33.3. The number of nitrogens with one attached hydrogen (secondary N) is 4. The summed E-state index contributed by atoms with van der Waals surface area (Å²) >= 11 is 6.01. The van der Waals surface area contributed by atoms with Crippen molar-refractivity contribution in [3.8, 4) is 0 Å². The molecule has 0 aliphatic heterocycles. The monoisotopic (exact) mass is 823 g/mol. The molecular formula is C42H54ClN5O10. The van der Waals surface area contributed by atoms with Gasteiger partial charge in [0.25, 0.3) is 11.8 Å². The van der Waals surface area contributed by atoms with E-state index in [1.54, 1.807) is 19.1 Å². The molecule has 5 amide bonds. The number of carbonyl (C=O) groups excluding carboxylic acids is 7. The predicted molar refractivity (Wildman–Crippen MR) is 213 cm³/mol. The highest BCUT2D eigenvalue weighted by Gasteiger charge is 2.48. The van der Waals surface area contributed by atoms with E-state index in [4.69, 9.17) is 22.1 Å². The largest absolute Gasteiger partial charge is 0.478 e. The Morgan fingerprint density at radius 3 is 2.10 bits per heavy atom. The standard InChI is InChI=1S/C42H54ClN5O10/c1-5-10-31(36(51)40(55)45-22-32(49)47-34(37(44)52)26-13-9-14-27(43)19-26)46-39(54)30-21-28(58-42(2,3)4)20-29(30)35(50)33(23-11-7-6-8-12-23)48-38(53)24-15-17-25(18-16-24)41(56)57/h9,13-19,23,28-31,33-34H,5-8,10-12,20-22H2,1-4H3,(H2,44,52)(H,45,55)(H,46,54)(H,47,49)(H,48,53)(H,56,57)/t28-,29?,30+,31?,33-,34?/m0/s1. The number of carboxylic acids is 1. The van der Waals surface area contributed by atoms with Crippen LogP contribution in [0.4, 0.5) is 0 Å². The number of carbonyl (C=O) groups is 8. The molecule has 0 radical (unpaired) electrons. The summed E-state index contributed by atoms with van der Waals surface area (Å²) in [5.41, 5.74) is 5.37. The second-order valence-corrected chi connectivity index (χ2v) is 16.5. The van der Waals surface area contributed by atoms with Crippen molar-refractivity contribution in [2.24, 2.45) is 23.5 Å². The molecule has 0 spiro atoms. The molecule has 7 N–H and O–H groups in total. The Morgan fingerprint density at radius 1 is 0.879 bits per heavy atom. The van der Waals surface area contributed by atoms with Crippen molar-refractivity contribution in [1.82, 2.24) is 21.3 Å². The summed E-state index contributed by atoms with van der Waals surface area (Å²) in [6.45, 7) is 6.66. The van der Waals surface area contributed by atoms with Crippen LogP contribution in [0.3, 0.4) is 0 Å². The summed E-state index contributed by atoms with van der Waals surface area (Å²) in [5, 5.41) is 19.9. The molecule has 2 aromatic carbocycles. The summed E-state index contributed by atoms with van der Waals surface area (Å²) in [5.74, 6) is -8.55. The zero-order chi connectivity index (χ0) is 42.7. The first-order chi connectivity index (χ1) is 27.4. The molecule has 2 saturated carbocycles. The van der Waals surface area contributed by atoms with E-state index in [1.807, 2.05) is 20.8 Å². The van der Waals surface area contributed by atoms with Crippen LogP contribution in [0.15, 0.2) is 48.5 Å². The highest BCUT2D eigenvalue weighted by atomic mass is 35.5. The van der Waals surface area contributed by atoms with Gasteiger partial charge in [-0.3, -0.25) is 33.6 Å². The van der Waals surface area contributed by atoms with Crippen LogP contribution in [0.5, 0.6) is 0 Å². The van der Waals surface area contributed by atoms with Gasteiger partial charge in [0.1, 0.15) is 6.04 Å². The zero-order valence-corrected chi connectivity index (χ0v) is 34.1. The van der Waals surface area contributed by atoms with E-state index in [-0.39, 0.29) is 42.1 Å². The highest BCUT2D eigenvalue weighted by molar-refractivity contribution is 6.38. The fraction of sp³-hybridized carbons (Fsp3) is 0.524. The van der Waals surface area contributed by atoms with Crippen LogP contribution in [-0.2, 0) is 33.5 Å². The van der Waals surface area contributed by atoms with Crippen LogP contribution >= 0.6 is 11.6 Å². The maximum atomic E-state index is 14.7. The summed E-state index contributed by atoms with van der Waals surface area (Å²) < 4.78 is 6.26. The molecular weight excluding hydrogens is 770 g/mol. The Bertz CT molecular complexity index is 1860. The number of halogens is 1. The van der Waals surface area contributed by atoms with E-state index in [1.165, 1.54) is 36.4 Å². The minimum Gasteiger partial charge on any atom is -0.478 e. The Hall–Kier alpha value is -5.15. The van der Waals surface area contributed by atoms with Gasteiger partial charge >= 0.3 is 5.97 Å². The minimum absolute atomic E-state index is 0.00673. The van der Waals surface area contributed by atoms with Gasteiger partial charge in [0.15, 0.2) is 5.78 Å². The molecule has 3 unspecified atom stereocenters. The molecule has 0 saturated heterocycles. The van der Waals surface area contributed by atoms with Gasteiger partial charge in [0.05, 0.1) is 41.8 Å². The molecule has 2 aliphatic rings. The van der Waals surface area contributed by atoms with Crippen LogP contribution in [0.1, 0.15) is 118 Å². The molecule has 6 atom stereocenters. The van der Waals surface area contributed by atoms with Crippen LogP contribution in [0.2, 0.25) is 5.02 Å². The Labute approximate surface area is 342 Å². The summed E-state index contributed by atoms with van der Waals surface area (Å²) in [7, 11) is 0. The number of amides is 5. The molecule has 2 aromatic rings. The van der Waals surface area contributed by atoms with Gasteiger partial charge in [0.2, 0.25) is 23.5 Å². The summed E-state index contributed by atoms with van der Waals surface area (Å²) in [6.07, 6.45) is 4.38. The van der Waals surface area contributed by atoms with Crippen LogP contribution < -0.4 is 27.0 Å². The molecule has 314 valence electrons. The Balaban J connectivity index is 1.50. The molecule has 4 rings (SSSR count). The lowest BCUT2D eigenvalue weighted by Gasteiger charge is -2.33. The van der Waals surface area contributed by atoms with Crippen molar-refractivity contribution in [3.63, 3.8) is 0 Å². The van der Waals surface area contributed by atoms with E-state index in [2.05, 4.69) is 21.3 Å². The van der Waals surface area contributed by atoms with E-state index >= 15 is 0 Å². The van der Waals surface area contributed by atoms with E-state index < -0.39 is 89.5 Å². The highest BCUT2D eigenvalue weighted by Crippen LogP contribution is 2.39. The first kappa shape index (κ1) is 45.6. The van der Waals surface area contributed by atoms with Gasteiger partial charge in [-0.15, -0.1) is 0 Å². The van der Waals surface area contributed by atoms with Crippen molar-refractivity contribution in [1.29, 1.82) is 0 Å². The molecule has 58 heavy (non-hydrogen) atoms. The number of carboxylic acid groups (broad SMARTS) is 1. The van der Waals surface area contributed by atoms with E-state index in [0.717, 1.165) is 19.3 Å². The third kappa shape index (κ3) is 12.7. The average molecular weight is 824 g/mol. The second-order valence-electron chi connectivity index (χ2n) is 16.0. The SMILES string of the molecule is CCCC(NC(=O)[C@@H]1C[C@@H](OC(C)(C)C)CC1C(=O)[C@@H](NC(=O)c1ccc(C(=O)O)cc1)C1CCCCC1)C(=O)C(=O)NCC(=O)NC(C(N)=O)c1cccc(Cl)c1. The first-order valence-electron chi connectivity index (χ1n) is 19.7. The van der Waals surface area contributed by atoms with Crippen molar-refractivity contribution >= 4 is 58.7 Å². The average Bonchev–Trinajstić information content (AvgIpc) is 3.60. The minimum atomic E-state index is -1.29. The second kappa shape index (κ2) is 20.5. The number of ketones is 2. The number of nitrogens with two attached hydrogens (primary N) is 1. The molecule has 2 fully saturated rings.